The summed E-state index contributed by atoms with van der Waals surface area (Å²) in [5.74, 6) is 0.491. The molecule has 116 valence electrons. The lowest BCUT2D eigenvalue weighted by Gasteiger charge is -2.18. The Hall–Kier alpha value is -2.20. The second-order valence-corrected chi connectivity index (χ2v) is 5.80. The maximum atomic E-state index is 12.4. The van der Waals surface area contributed by atoms with Crippen LogP contribution >= 0.6 is 0 Å². The third-order valence-electron chi connectivity index (χ3n) is 3.69. The van der Waals surface area contributed by atoms with Gasteiger partial charge in [0.15, 0.2) is 0 Å². The molecule has 0 saturated heterocycles. The highest BCUT2D eigenvalue weighted by atomic mass is 16.2. The Morgan fingerprint density at radius 3 is 2.50 bits per heavy atom. The van der Waals surface area contributed by atoms with Gasteiger partial charge in [0.05, 0.1) is 5.69 Å². The molecule has 0 bridgehead atoms. The third-order valence-corrected chi connectivity index (χ3v) is 3.69. The fourth-order valence-corrected chi connectivity index (χ4v) is 2.30. The summed E-state index contributed by atoms with van der Waals surface area (Å²) in [6, 6.07) is 11.9. The second kappa shape index (κ2) is 7.18. The van der Waals surface area contributed by atoms with Gasteiger partial charge < -0.3 is 10.6 Å². The van der Waals surface area contributed by atoms with Crippen LogP contribution in [0.15, 0.2) is 42.6 Å². The number of nitrogens with zero attached hydrogens (tertiary/aromatic N) is 2. The zero-order chi connectivity index (χ0) is 16.1. The summed E-state index contributed by atoms with van der Waals surface area (Å²) in [4.78, 5) is 18.3. The van der Waals surface area contributed by atoms with Crippen molar-refractivity contribution in [2.45, 2.75) is 32.9 Å². The van der Waals surface area contributed by atoms with E-state index < -0.39 is 0 Å². The Kier molecular flexibility index (Phi) is 5.28. The Morgan fingerprint density at radius 1 is 1.23 bits per heavy atom. The summed E-state index contributed by atoms with van der Waals surface area (Å²) in [5, 5.41) is 0. The van der Waals surface area contributed by atoms with Gasteiger partial charge in [0, 0.05) is 31.9 Å². The SMILES string of the molecule is CC(C)c1ccc(CN(C)C(=O)c2ccnc(CN)c2)cc1. The van der Waals surface area contributed by atoms with Crippen LogP contribution in [-0.4, -0.2) is 22.8 Å². The molecule has 2 rings (SSSR count). The first kappa shape index (κ1) is 16.2. The quantitative estimate of drug-likeness (QED) is 0.923. The molecule has 0 saturated carbocycles. The van der Waals surface area contributed by atoms with E-state index in [2.05, 4.69) is 43.1 Å². The molecule has 1 aromatic carbocycles. The molecule has 4 nitrogen and oxygen atoms in total. The van der Waals surface area contributed by atoms with E-state index in [0.717, 1.165) is 11.3 Å². The molecular formula is C18H23N3O. The molecule has 0 atom stereocenters. The van der Waals surface area contributed by atoms with Crippen LogP contribution in [0.1, 0.15) is 46.9 Å². The van der Waals surface area contributed by atoms with Crippen molar-refractivity contribution in [2.75, 3.05) is 7.05 Å². The zero-order valence-corrected chi connectivity index (χ0v) is 13.4. The minimum atomic E-state index is -0.0231. The van der Waals surface area contributed by atoms with Crippen LogP contribution in [0.5, 0.6) is 0 Å². The highest BCUT2D eigenvalue weighted by Crippen LogP contribution is 2.16. The molecule has 22 heavy (non-hydrogen) atoms. The van der Waals surface area contributed by atoms with Gasteiger partial charge in [0.1, 0.15) is 0 Å². The van der Waals surface area contributed by atoms with Crippen molar-refractivity contribution in [1.82, 2.24) is 9.88 Å². The highest BCUT2D eigenvalue weighted by Gasteiger charge is 2.13. The molecule has 1 heterocycles. The van der Waals surface area contributed by atoms with Gasteiger partial charge in [-0.1, -0.05) is 38.1 Å². The van der Waals surface area contributed by atoms with Crippen molar-refractivity contribution in [3.8, 4) is 0 Å². The Balaban J connectivity index is 2.07. The Labute approximate surface area is 132 Å². The van der Waals surface area contributed by atoms with Crippen molar-refractivity contribution >= 4 is 5.91 Å². The van der Waals surface area contributed by atoms with E-state index in [1.54, 1.807) is 30.3 Å². The molecule has 4 heteroatoms. The van der Waals surface area contributed by atoms with Crippen LogP contribution in [0.2, 0.25) is 0 Å². The van der Waals surface area contributed by atoms with Gasteiger partial charge in [0.2, 0.25) is 0 Å². The van der Waals surface area contributed by atoms with Crippen LogP contribution in [0.3, 0.4) is 0 Å². The number of hydrogen-bond acceptors (Lipinski definition) is 3. The number of aromatic nitrogens is 1. The van der Waals surface area contributed by atoms with Crippen molar-refractivity contribution in [3.63, 3.8) is 0 Å². The molecular weight excluding hydrogens is 274 g/mol. The van der Waals surface area contributed by atoms with Crippen LogP contribution in [0.25, 0.3) is 0 Å². The monoisotopic (exact) mass is 297 g/mol. The molecule has 0 fully saturated rings. The summed E-state index contributed by atoms with van der Waals surface area (Å²) in [7, 11) is 1.81. The first-order valence-electron chi connectivity index (χ1n) is 7.50. The van der Waals surface area contributed by atoms with Crippen molar-refractivity contribution in [1.29, 1.82) is 0 Å². The highest BCUT2D eigenvalue weighted by molar-refractivity contribution is 5.94. The average Bonchev–Trinajstić information content (AvgIpc) is 2.54. The fraction of sp³-hybridized carbons (Fsp3) is 0.333. The summed E-state index contributed by atoms with van der Waals surface area (Å²) in [6.45, 7) is 5.26. The number of hydrogen-bond donors (Lipinski definition) is 1. The first-order valence-corrected chi connectivity index (χ1v) is 7.50. The van der Waals surface area contributed by atoms with Gasteiger partial charge in [-0.05, 0) is 29.2 Å². The Morgan fingerprint density at radius 2 is 1.91 bits per heavy atom. The van der Waals surface area contributed by atoms with Gasteiger partial charge in [-0.25, -0.2) is 0 Å². The summed E-state index contributed by atoms with van der Waals surface area (Å²) < 4.78 is 0. The van der Waals surface area contributed by atoms with Gasteiger partial charge in [-0.2, -0.15) is 0 Å². The fourth-order valence-electron chi connectivity index (χ4n) is 2.30. The van der Waals surface area contributed by atoms with E-state index in [4.69, 9.17) is 5.73 Å². The number of amides is 1. The van der Waals surface area contributed by atoms with E-state index in [-0.39, 0.29) is 5.91 Å². The lowest BCUT2D eigenvalue weighted by molar-refractivity contribution is 0.0785. The minimum absolute atomic E-state index is 0.0231. The number of benzene rings is 1. The normalized spacial score (nSPS) is 10.8. The van der Waals surface area contributed by atoms with E-state index in [9.17, 15) is 4.79 Å². The van der Waals surface area contributed by atoms with E-state index in [1.807, 2.05) is 0 Å². The van der Waals surface area contributed by atoms with Crippen LogP contribution in [0.4, 0.5) is 0 Å². The molecule has 2 N–H and O–H groups in total. The van der Waals surface area contributed by atoms with Crippen LogP contribution in [-0.2, 0) is 13.1 Å². The van der Waals surface area contributed by atoms with Gasteiger partial charge in [0.25, 0.3) is 5.91 Å². The molecule has 0 unspecified atom stereocenters. The summed E-state index contributed by atoms with van der Waals surface area (Å²) in [5.41, 5.74) is 9.34. The predicted molar refractivity (Wildman–Crippen MR) is 88.5 cm³/mol. The van der Waals surface area contributed by atoms with E-state index in [0.29, 0.717) is 24.6 Å². The molecule has 0 aliphatic rings. The minimum Gasteiger partial charge on any atom is -0.337 e. The molecule has 0 aliphatic heterocycles. The van der Waals surface area contributed by atoms with Crippen LogP contribution < -0.4 is 5.73 Å². The molecule has 2 aromatic rings. The smallest absolute Gasteiger partial charge is 0.254 e. The molecule has 1 aromatic heterocycles. The van der Waals surface area contributed by atoms with Gasteiger partial charge in [-0.15, -0.1) is 0 Å². The topological polar surface area (TPSA) is 59.2 Å². The van der Waals surface area contributed by atoms with Crippen molar-refractivity contribution < 1.29 is 4.79 Å². The number of rotatable bonds is 5. The maximum Gasteiger partial charge on any atom is 0.254 e. The molecule has 0 aliphatic carbocycles. The maximum absolute atomic E-state index is 12.4. The zero-order valence-electron chi connectivity index (χ0n) is 13.4. The Bertz CT molecular complexity index is 635. The standard InChI is InChI=1S/C18H23N3O/c1-13(2)15-6-4-14(5-7-15)12-21(3)18(22)16-8-9-20-17(10-16)11-19/h4-10,13H,11-12,19H2,1-3H3. The number of pyridine rings is 1. The molecule has 0 spiro atoms. The molecule has 0 radical (unpaired) electrons. The van der Waals surface area contributed by atoms with Crippen molar-refractivity contribution in [3.05, 3.63) is 65.0 Å². The number of nitrogens with two attached hydrogens (primary N) is 1. The molecule has 1 amide bonds. The number of carbonyl (C=O) groups excluding carboxylic acids is 1. The second-order valence-electron chi connectivity index (χ2n) is 5.80. The average molecular weight is 297 g/mol. The number of carbonyl (C=O) groups is 1. The van der Waals surface area contributed by atoms with E-state index in [1.165, 1.54) is 5.56 Å². The third kappa shape index (κ3) is 3.92. The first-order chi connectivity index (χ1) is 10.5. The largest absolute Gasteiger partial charge is 0.337 e. The summed E-state index contributed by atoms with van der Waals surface area (Å²) in [6.07, 6.45) is 1.63. The van der Waals surface area contributed by atoms with E-state index >= 15 is 0 Å². The van der Waals surface area contributed by atoms with Crippen LogP contribution in [0, 0.1) is 0 Å². The predicted octanol–water partition coefficient (Wildman–Crippen LogP) is 2.94. The van der Waals surface area contributed by atoms with Gasteiger partial charge in [-0.3, -0.25) is 9.78 Å². The van der Waals surface area contributed by atoms with Gasteiger partial charge >= 0.3 is 0 Å². The summed E-state index contributed by atoms with van der Waals surface area (Å²) >= 11 is 0. The van der Waals surface area contributed by atoms with Crippen molar-refractivity contribution in [2.24, 2.45) is 5.73 Å². The lowest BCUT2D eigenvalue weighted by atomic mass is 10.0. The lowest BCUT2D eigenvalue weighted by Crippen LogP contribution is -2.26.